The van der Waals surface area contributed by atoms with Crippen molar-refractivity contribution in [2.45, 2.75) is 24.9 Å². The van der Waals surface area contributed by atoms with Crippen molar-refractivity contribution >= 4 is 11.9 Å². The zero-order valence-electron chi connectivity index (χ0n) is 10.5. The first-order valence-electron chi connectivity index (χ1n) is 5.95. The normalized spacial score (nSPS) is 13.6. The number of aliphatic carboxylic acids is 1. The van der Waals surface area contributed by atoms with Crippen LogP contribution in [0.5, 0.6) is 0 Å². The number of amides is 1. The van der Waals surface area contributed by atoms with E-state index in [1.165, 1.54) is 0 Å². The molecule has 0 saturated carbocycles. The average molecular weight is 266 g/mol. The Morgan fingerprint density at radius 1 is 1.26 bits per heavy atom. The fourth-order valence-electron chi connectivity index (χ4n) is 1.65. The van der Waals surface area contributed by atoms with E-state index in [2.05, 4.69) is 5.32 Å². The van der Waals surface area contributed by atoms with Gasteiger partial charge in [0, 0.05) is 0 Å². The summed E-state index contributed by atoms with van der Waals surface area (Å²) in [4.78, 5) is 22.1. The third kappa shape index (κ3) is 5.50. The standard InChI is InChI=1S/C13H18N2O4/c14-11(7-12(17)18)13(19)15-10(8-16)6-9-4-2-1-3-5-9/h1-5,10-11,16H,6-8,14H2,(H,15,19)(H,17,18)/t10-,11-/m0/s1. The first-order valence-corrected chi connectivity index (χ1v) is 5.95. The summed E-state index contributed by atoms with van der Waals surface area (Å²) in [5.41, 5.74) is 6.41. The quantitative estimate of drug-likeness (QED) is 0.532. The second-order valence-electron chi connectivity index (χ2n) is 4.28. The van der Waals surface area contributed by atoms with Crippen molar-refractivity contribution in [1.82, 2.24) is 5.32 Å². The van der Waals surface area contributed by atoms with Crippen molar-refractivity contribution in [3.63, 3.8) is 0 Å². The van der Waals surface area contributed by atoms with Crippen LogP contribution in [0.15, 0.2) is 30.3 Å². The van der Waals surface area contributed by atoms with Crippen molar-refractivity contribution in [2.75, 3.05) is 6.61 Å². The van der Waals surface area contributed by atoms with E-state index >= 15 is 0 Å². The van der Waals surface area contributed by atoms with Gasteiger partial charge in [-0.2, -0.15) is 0 Å². The first kappa shape index (κ1) is 15.1. The van der Waals surface area contributed by atoms with Gasteiger partial charge in [-0.1, -0.05) is 30.3 Å². The van der Waals surface area contributed by atoms with Crippen molar-refractivity contribution in [2.24, 2.45) is 5.73 Å². The van der Waals surface area contributed by atoms with E-state index in [4.69, 9.17) is 10.8 Å². The molecule has 5 N–H and O–H groups in total. The van der Waals surface area contributed by atoms with E-state index in [9.17, 15) is 14.7 Å². The molecular weight excluding hydrogens is 248 g/mol. The van der Waals surface area contributed by atoms with Gasteiger partial charge in [0.15, 0.2) is 0 Å². The highest BCUT2D eigenvalue weighted by Crippen LogP contribution is 2.03. The lowest BCUT2D eigenvalue weighted by Crippen LogP contribution is -2.48. The van der Waals surface area contributed by atoms with Gasteiger partial charge in [0.2, 0.25) is 5.91 Å². The van der Waals surface area contributed by atoms with Gasteiger partial charge >= 0.3 is 5.97 Å². The van der Waals surface area contributed by atoms with Crippen LogP contribution in [0.4, 0.5) is 0 Å². The van der Waals surface area contributed by atoms with Gasteiger partial charge in [0.05, 0.1) is 25.1 Å². The van der Waals surface area contributed by atoms with Crippen LogP contribution in [-0.2, 0) is 16.0 Å². The molecule has 2 atom stereocenters. The van der Waals surface area contributed by atoms with Crippen LogP contribution in [-0.4, -0.2) is 40.8 Å². The molecule has 104 valence electrons. The number of carbonyl (C=O) groups is 2. The van der Waals surface area contributed by atoms with Crippen LogP contribution in [0, 0.1) is 0 Å². The number of rotatable bonds is 7. The van der Waals surface area contributed by atoms with E-state index < -0.39 is 30.4 Å². The van der Waals surface area contributed by atoms with Crippen molar-refractivity contribution in [3.8, 4) is 0 Å². The number of hydrogen-bond acceptors (Lipinski definition) is 4. The zero-order chi connectivity index (χ0) is 14.3. The Labute approximate surface area is 111 Å². The molecule has 0 fully saturated rings. The van der Waals surface area contributed by atoms with Crippen molar-refractivity contribution < 1.29 is 19.8 Å². The fourth-order valence-corrected chi connectivity index (χ4v) is 1.65. The van der Waals surface area contributed by atoms with E-state index in [0.29, 0.717) is 6.42 Å². The van der Waals surface area contributed by atoms with Gasteiger partial charge in [-0.15, -0.1) is 0 Å². The maximum absolute atomic E-state index is 11.6. The predicted octanol–water partition coefficient (Wildman–Crippen LogP) is -0.492. The number of carbonyl (C=O) groups excluding carboxylic acids is 1. The molecule has 19 heavy (non-hydrogen) atoms. The maximum atomic E-state index is 11.6. The topological polar surface area (TPSA) is 113 Å². The Hall–Kier alpha value is -1.92. The Morgan fingerprint density at radius 2 is 1.89 bits per heavy atom. The molecule has 0 bridgehead atoms. The summed E-state index contributed by atoms with van der Waals surface area (Å²) in [5, 5.41) is 20.3. The summed E-state index contributed by atoms with van der Waals surface area (Å²) in [5.74, 6) is -1.70. The molecule has 0 aliphatic rings. The molecule has 0 aliphatic carbocycles. The molecule has 6 heteroatoms. The van der Waals surface area contributed by atoms with Crippen LogP contribution in [0.2, 0.25) is 0 Å². The van der Waals surface area contributed by atoms with Gasteiger partial charge in [-0.25, -0.2) is 0 Å². The summed E-state index contributed by atoms with van der Waals surface area (Å²) in [6, 6.07) is 7.78. The molecule has 0 aromatic heterocycles. The van der Waals surface area contributed by atoms with Gasteiger partial charge in [0.25, 0.3) is 0 Å². The monoisotopic (exact) mass is 266 g/mol. The number of benzene rings is 1. The molecule has 0 aliphatic heterocycles. The van der Waals surface area contributed by atoms with Crippen LogP contribution in [0.3, 0.4) is 0 Å². The molecular formula is C13H18N2O4. The molecule has 0 unspecified atom stereocenters. The lowest BCUT2D eigenvalue weighted by atomic mass is 10.1. The molecule has 0 heterocycles. The van der Waals surface area contributed by atoms with Crippen LogP contribution in [0.25, 0.3) is 0 Å². The largest absolute Gasteiger partial charge is 0.481 e. The summed E-state index contributed by atoms with van der Waals surface area (Å²) < 4.78 is 0. The van der Waals surface area contributed by atoms with Crippen molar-refractivity contribution in [3.05, 3.63) is 35.9 Å². The Morgan fingerprint density at radius 3 is 2.42 bits per heavy atom. The fraction of sp³-hybridized carbons (Fsp3) is 0.385. The van der Waals surface area contributed by atoms with Crippen LogP contribution >= 0.6 is 0 Å². The second kappa shape index (κ2) is 7.50. The summed E-state index contributed by atoms with van der Waals surface area (Å²) in [6.07, 6.45) is 0.0260. The smallest absolute Gasteiger partial charge is 0.305 e. The number of carboxylic acids is 1. The van der Waals surface area contributed by atoms with Crippen molar-refractivity contribution in [1.29, 1.82) is 0 Å². The second-order valence-corrected chi connectivity index (χ2v) is 4.28. The van der Waals surface area contributed by atoms with E-state index in [1.807, 2.05) is 30.3 Å². The highest BCUT2D eigenvalue weighted by Gasteiger charge is 2.20. The molecule has 0 spiro atoms. The minimum Gasteiger partial charge on any atom is -0.481 e. The van der Waals surface area contributed by atoms with Gasteiger partial charge in [-0.05, 0) is 12.0 Å². The molecule has 1 aromatic carbocycles. The zero-order valence-corrected chi connectivity index (χ0v) is 10.5. The molecule has 1 rings (SSSR count). The van der Waals surface area contributed by atoms with Crippen LogP contribution in [0.1, 0.15) is 12.0 Å². The minimum absolute atomic E-state index is 0.236. The third-order valence-corrected chi connectivity index (χ3v) is 2.62. The predicted molar refractivity (Wildman–Crippen MR) is 69.4 cm³/mol. The summed E-state index contributed by atoms with van der Waals surface area (Å²) in [6.45, 7) is -0.236. The number of nitrogens with two attached hydrogens (primary N) is 1. The maximum Gasteiger partial charge on any atom is 0.305 e. The Bertz CT molecular complexity index is 422. The Balaban J connectivity index is 2.52. The SMILES string of the molecule is N[C@@H](CC(=O)O)C(=O)N[C@H](CO)Cc1ccccc1. The van der Waals surface area contributed by atoms with E-state index in [-0.39, 0.29) is 6.61 Å². The number of aliphatic hydroxyl groups is 1. The highest BCUT2D eigenvalue weighted by atomic mass is 16.4. The van der Waals surface area contributed by atoms with E-state index in [1.54, 1.807) is 0 Å². The van der Waals surface area contributed by atoms with Gasteiger partial charge < -0.3 is 21.3 Å². The van der Waals surface area contributed by atoms with Gasteiger partial charge in [0.1, 0.15) is 0 Å². The lowest BCUT2D eigenvalue weighted by molar-refractivity contribution is -0.139. The average Bonchev–Trinajstić information content (AvgIpc) is 2.38. The molecule has 0 saturated heterocycles. The van der Waals surface area contributed by atoms with Crippen LogP contribution < -0.4 is 11.1 Å². The lowest BCUT2D eigenvalue weighted by Gasteiger charge is -2.18. The summed E-state index contributed by atoms with van der Waals surface area (Å²) >= 11 is 0. The number of aliphatic hydroxyl groups excluding tert-OH is 1. The minimum atomic E-state index is -1.13. The number of nitrogens with one attached hydrogen (secondary N) is 1. The van der Waals surface area contributed by atoms with E-state index in [0.717, 1.165) is 5.56 Å². The molecule has 0 radical (unpaired) electrons. The number of carboxylic acid groups (broad SMARTS) is 1. The first-order chi connectivity index (χ1) is 9.02. The Kier molecular flexibility index (Phi) is 5.98. The number of hydrogen-bond donors (Lipinski definition) is 4. The highest BCUT2D eigenvalue weighted by molar-refractivity contribution is 5.86. The molecule has 6 nitrogen and oxygen atoms in total. The third-order valence-electron chi connectivity index (χ3n) is 2.62. The molecule has 1 aromatic rings. The molecule has 1 amide bonds. The summed E-state index contributed by atoms with van der Waals surface area (Å²) in [7, 11) is 0. The van der Waals surface area contributed by atoms with Gasteiger partial charge in [-0.3, -0.25) is 9.59 Å².